The molecule has 3 aromatic rings. The first-order chi connectivity index (χ1) is 15.6. The zero-order valence-electron chi connectivity index (χ0n) is 17.5. The molecule has 1 aliphatic heterocycles. The van der Waals surface area contributed by atoms with Crippen LogP contribution in [0.25, 0.3) is 5.82 Å². The number of carbonyl (C=O) groups excluding carboxylic acids is 1. The molecule has 0 saturated carbocycles. The van der Waals surface area contributed by atoms with Gasteiger partial charge in [0.2, 0.25) is 0 Å². The topological polar surface area (TPSA) is 84.0 Å². The summed E-state index contributed by atoms with van der Waals surface area (Å²) in [5, 5.41) is 13.5. The molecule has 3 heterocycles. The summed E-state index contributed by atoms with van der Waals surface area (Å²) < 4.78 is 45.7. The number of ether oxygens (including phenoxy) is 1. The van der Waals surface area contributed by atoms with Crippen LogP contribution in [0.15, 0.2) is 36.5 Å². The molecule has 170 valence electrons. The maximum atomic E-state index is 13.3. The molecule has 11 heteroatoms. The van der Waals surface area contributed by atoms with Crippen LogP contribution in [0.2, 0.25) is 5.02 Å². The molecule has 0 spiro atoms. The third-order valence-corrected chi connectivity index (χ3v) is 5.57. The standard InChI is InChI=1S/C22H17ClF3N5O2/c1-12-4-3-5-18(28-12)31-10-15-9-30(11-16(15)29-31)21(32)19-17(33-13(2)22(24,25)26)7-6-14(8-27)20(19)23/h3-7,10,13H,9,11H2,1-2H3. The highest BCUT2D eigenvalue weighted by atomic mass is 35.5. The summed E-state index contributed by atoms with van der Waals surface area (Å²) in [6.07, 6.45) is -5.06. The number of amides is 1. The van der Waals surface area contributed by atoms with Crippen molar-refractivity contribution >= 4 is 17.5 Å². The average Bonchev–Trinajstić information content (AvgIpc) is 3.32. The van der Waals surface area contributed by atoms with Crippen LogP contribution in [0.5, 0.6) is 5.75 Å². The van der Waals surface area contributed by atoms with Gasteiger partial charge in [0.25, 0.3) is 5.91 Å². The van der Waals surface area contributed by atoms with Crippen molar-refractivity contribution in [1.29, 1.82) is 5.26 Å². The Bertz CT molecular complexity index is 1260. The molecule has 0 saturated heterocycles. The summed E-state index contributed by atoms with van der Waals surface area (Å²) in [5.41, 5.74) is 1.90. The van der Waals surface area contributed by atoms with Gasteiger partial charge in [-0.25, -0.2) is 9.67 Å². The van der Waals surface area contributed by atoms with Gasteiger partial charge in [-0.05, 0) is 38.1 Å². The highest BCUT2D eigenvalue weighted by Crippen LogP contribution is 2.35. The Balaban J connectivity index is 1.62. The molecule has 0 aliphatic carbocycles. The van der Waals surface area contributed by atoms with Crippen LogP contribution < -0.4 is 4.74 Å². The molecular weight excluding hydrogens is 459 g/mol. The first-order valence-corrected chi connectivity index (χ1v) is 10.2. The highest BCUT2D eigenvalue weighted by Gasteiger charge is 2.39. The Morgan fingerprint density at radius 1 is 1.27 bits per heavy atom. The maximum Gasteiger partial charge on any atom is 0.425 e. The van der Waals surface area contributed by atoms with Crippen LogP contribution in [0.1, 0.15) is 39.8 Å². The van der Waals surface area contributed by atoms with E-state index < -0.39 is 18.2 Å². The largest absolute Gasteiger partial charge is 0.480 e. The molecule has 1 unspecified atom stereocenters. The summed E-state index contributed by atoms with van der Waals surface area (Å²) in [7, 11) is 0. The zero-order chi connectivity index (χ0) is 23.9. The summed E-state index contributed by atoms with van der Waals surface area (Å²) in [6, 6.07) is 9.72. The van der Waals surface area contributed by atoms with Crippen molar-refractivity contribution in [3.63, 3.8) is 0 Å². The lowest BCUT2D eigenvalue weighted by Crippen LogP contribution is -2.33. The SMILES string of the molecule is Cc1cccc(-n2cc3c(n2)CN(C(=O)c2c(OC(C)C(F)(F)F)ccc(C#N)c2Cl)C3)n1. The molecule has 0 N–H and O–H groups in total. The van der Waals surface area contributed by atoms with E-state index in [1.54, 1.807) is 16.9 Å². The van der Waals surface area contributed by atoms with E-state index in [4.69, 9.17) is 16.3 Å². The van der Waals surface area contributed by atoms with Crippen molar-refractivity contribution < 1.29 is 22.7 Å². The Morgan fingerprint density at radius 2 is 2.03 bits per heavy atom. The van der Waals surface area contributed by atoms with Gasteiger partial charge in [0.1, 0.15) is 17.4 Å². The average molecular weight is 476 g/mol. The fourth-order valence-electron chi connectivity index (χ4n) is 3.43. The number of alkyl halides is 3. The molecular formula is C22H17ClF3N5O2. The Morgan fingerprint density at radius 3 is 2.67 bits per heavy atom. The van der Waals surface area contributed by atoms with E-state index in [2.05, 4.69) is 10.1 Å². The van der Waals surface area contributed by atoms with E-state index in [1.165, 1.54) is 11.0 Å². The number of halogens is 4. The Hall–Kier alpha value is -3.58. The third kappa shape index (κ3) is 4.36. The number of hydrogen-bond donors (Lipinski definition) is 0. The van der Waals surface area contributed by atoms with Crippen molar-refractivity contribution in [3.05, 3.63) is 69.6 Å². The van der Waals surface area contributed by atoms with E-state index in [1.807, 2.05) is 25.1 Å². The van der Waals surface area contributed by atoms with Gasteiger partial charge >= 0.3 is 6.18 Å². The minimum Gasteiger partial charge on any atom is -0.480 e. The molecule has 1 aliphatic rings. The predicted molar refractivity (Wildman–Crippen MR) is 112 cm³/mol. The third-order valence-electron chi connectivity index (χ3n) is 5.18. The van der Waals surface area contributed by atoms with Gasteiger partial charge < -0.3 is 9.64 Å². The molecule has 0 fully saturated rings. The predicted octanol–water partition coefficient (Wildman–Crippen LogP) is 4.59. The molecule has 0 radical (unpaired) electrons. The van der Waals surface area contributed by atoms with Crippen LogP contribution in [-0.2, 0) is 13.1 Å². The maximum absolute atomic E-state index is 13.3. The van der Waals surface area contributed by atoms with Crippen molar-refractivity contribution in [2.45, 2.75) is 39.2 Å². The number of pyridine rings is 1. The van der Waals surface area contributed by atoms with Crippen LogP contribution in [-0.4, -0.2) is 37.9 Å². The first-order valence-electron chi connectivity index (χ1n) is 9.85. The van der Waals surface area contributed by atoms with Gasteiger partial charge in [-0.15, -0.1) is 0 Å². The molecule has 2 aromatic heterocycles. The number of rotatable bonds is 4. The van der Waals surface area contributed by atoms with Crippen molar-refractivity contribution in [1.82, 2.24) is 19.7 Å². The second-order valence-electron chi connectivity index (χ2n) is 7.56. The molecule has 33 heavy (non-hydrogen) atoms. The summed E-state index contributed by atoms with van der Waals surface area (Å²) in [5.74, 6) is -0.365. The van der Waals surface area contributed by atoms with Gasteiger partial charge in [0, 0.05) is 24.0 Å². The van der Waals surface area contributed by atoms with Crippen LogP contribution in [0.3, 0.4) is 0 Å². The quantitative estimate of drug-likeness (QED) is 0.551. The smallest absolute Gasteiger partial charge is 0.425 e. The second kappa shape index (κ2) is 8.41. The fourth-order valence-corrected chi connectivity index (χ4v) is 3.71. The molecule has 0 bridgehead atoms. The lowest BCUT2D eigenvalue weighted by molar-refractivity contribution is -0.189. The minimum atomic E-state index is -4.64. The first kappa shape index (κ1) is 22.6. The zero-order valence-corrected chi connectivity index (χ0v) is 18.3. The number of fused-ring (bicyclic) bond motifs is 1. The minimum absolute atomic E-state index is 0.0420. The van der Waals surface area contributed by atoms with Gasteiger partial charge in [-0.3, -0.25) is 4.79 Å². The van der Waals surface area contributed by atoms with Gasteiger partial charge in [0.05, 0.1) is 22.8 Å². The second-order valence-corrected chi connectivity index (χ2v) is 7.94. The molecule has 1 aromatic carbocycles. The van der Waals surface area contributed by atoms with E-state index in [0.29, 0.717) is 11.5 Å². The number of aromatic nitrogens is 3. The van der Waals surface area contributed by atoms with E-state index in [9.17, 15) is 23.2 Å². The number of carbonyl (C=O) groups is 1. The van der Waals surface area contributed by atoms with E-state index >= 15 is 0 Å². The summed E-state index contributed by atoms with van der Waals surface area (Å²) in [6.45, 7) is 2.98. The number of aryl methyl sites for hydroxylation is 1. The summed E-state index contributed by atoms with van der Waals surface area (Å²) >= 11 is 6.23. The van der Waals surface area contributed by atoms with Crippen LogP contribution in [0.4, 0.5) is 13.2 Å². The van der Waals surface area contributed by atoms with Gasteiger partial charge in [-0.1, -0.05) is 17.7 Å². The van der Waals surface area contributed by atoms with Gasteiger partial charge in [0.15, 0.2) is 11.9 Å². The molecule has 4 rings (SSSR count). The number of hydrogen-bond acceptors (Lipinski definition) is 5. The highest BCUT2D eigenvalue weighted by molar-refractivity contribution is 6.35. The molecule has 1 amide bonds. The Labute approximate surface area is 192 Å². The van der Waals surface area contributed by atoms with Gasteiger partial charge in [-0.2, -0.15) is 23.5 Å². The number of nitrogens with zero attached hydrogens (tertiary/aromatic N) is 5. The molecule has 1 atom stereocenters. The molecule has 7 nitrogen and oxygen atoms in total. The monoisotopic (exact) mass is 475 g/mol. The lowest BCUT2D eigenvalue weighted by atomic mass is 10.1. The van der Waals surface area contributed by atoms with Crippen molar-refractivity contribution in [2.24, 2.45) is 0 Å². The van der Waals surface area contributed by atoms with Crippen molar-refractivity contribution in [2.75, 3.05) is 0 Å². The number of nitriles is 1. The van der Waals surface area contributed by atoms with Crippen LogP contribution in [0, 0.1) is 18.3 Å². The summed E-state index contributed by atoms with van der Waals surface area (Å²) in [4.78, 5) is 19.1. The lowest BCUT2D eigenvalue weighted by Gasteiger charge is -2.23. The Kier molecular flexibility index (Phi) is 5.76. The van der Waals surface area contributed by atoms with E-state index in [-0.39, 0.29) is 35.0 Å². The van der Waals surface area contributed by atoms with E-state index in [0.717, 1.165) is 24.2 Å². The normalized spacial score (nSPS) is 14.0. The fraction of sp³-hybridized carbons (Fsp3) is 0.273. The number of benzene rings is 1. The van der Waals surface area contributed by atoms with Crippen LogP contribution >= 0.6 is 11.6 Å². The van der Waals surface area contributed by atoms with Crippen molar-refractivity contribution in [3.8, 4) is 17.6 Å².